The fourth-order valence-electron chi connectivity index (χ4n) is 8.53. The monoisotopic (exact) mass is 756 g/mol. The van der Waals surface area contributed by atoms with Gasteiger partial charge in [0.15, 0.2) is 10.8 Å². The highest BCUT2D eigenvalue weighted by Gasteiger charge is 2.53. The van der Waals surface area contributed by atoms with E-state index in [9.17, 15) is 0 Å². The first-order valence-electron chi connectivity index (χ1n) is 18.5. The van der Waals surface area contributed by atoms with Crippen LogP contribution in [-0.2, 0) is 8.85 Å². The normalized spacial score (nSPS) is 18.1. The second-order valence-corrected chi connectivity index (χ2v) is 25.1. The number of aromatic nitrogens is 4. The van der Waals surface area contributed by atoms with Crippen molar-refractivity contribution in [3.05, 3.63) is 151 Å². The van der Waals surface area contributed by atoms with E-state index in [1.165, 1.54) is 27.1 Å². The Hall–Kier alpha value is -4.19. The maximum absolute atomic E-state index is 7.68. The van der Waals surface area contributed by atoms with Gasteiger partial charge < -0.3 is 13.4 Å². The second-order valence-electron chi connectivity index (χ2n) is 16.1. The van der Waals surface area contributed by atoms with Gasteiger partial charge in [-0.05, 0) is 30.8 Å². The highest BCUT2D eigenvalue weighted by atomic mass is 35.5. The van der Waals surface area contributed by atoms with Gasteiger partial charge in [0, 0.05) is 25.0 Å². The number of hydrogen-bond acceptors (Lipinski definition) is 5. The fourth-order valence-corrected chi connectivity index (χ4v) is 17.9. The number of hydrogen-bond donors (Lipinski definition) is 0. The topological polar surface area (TPSA) is 62.1 Å². The van der Waals surface area contributed by atoms with Crippen molar-refractivity contribution < 1.29 is 8.85 Å². The number of nitrogens with zero attached hydrogens (tertiary/aromatic N) is 4. The Morgan fingerprint density at radius 1 is 0.585 bits per heavy atom. The van der Waals surface area contributed by atoms with Crippen LogP contribution in [0.4, 0.5) is 0 Å². The van der Waals surface area contributed by atoms with Crippen LogP contribution in [0.2, 0.25) is 15.2 Å². The molecule has 9 heteroatoms. The van der Waals surface area contributed by atoms with Crippen molar-refractivity contribution >= 4 is 60.1 Å². The van der Waals surface area contributed by atoms with Crippen LogP contribution in [0.15, 0.2) is 146 Å². The van der Waals surface area contributed by atoms with Gasteiger partial charge in [-0.25, -0.2) is 15.0 Å². The summed E-state index contributed by atoms with van der Waals surface area (Å²) in [5.74, 6) is 0.0456. The molecular weight excluding hydrogens is 708 g/mol. The number of halogens is 1. The molecule has 6 aromatic rings. The zero-order valence-electron chi connectivity index (χ0n) is 31.5. The molecule has 53 heavy (non-hydrogen) atoms. The first-order valence-corrected chi connectivity index (χ1v) is 22.7. The third-order valence-corrected chi connectivity index (χ3v) is 21.3. The van der Waals surface area contributed by atoms with Crippen LogP contribution in [0.25, 0.3) is 11.2 Å². The summed E-state index contributed by atoms with van der Waals surface area (Å²) in [6.07, 6.45) is 7.92. The average Bonchev–Trinajstić information content (AvgIpc) is 3.77. The van der Waals surface area contributed by atoms with Crippen LogP contribution in [-0.4, -0.2) is 49.4 Å². The Labute approximate surface area is 321 Å². The lowest BCUT2D eigenvalue weighted by Gasteiger charge is -2.45. The van der Waals surface area contributed by atoms with Crippen molar-refractivity contribution in [2.75, 3.05) is 13.2 Å². The first kappa shape index (κ1) is 37.1. The summed E-state index contributed by atoms with van der Waals surface area (Å²) in [4.78, 5) is 13.4. The second kappa shape index (κ2) is 14.9. The van der Waals surface area contributed by atoms with Gasteiger partial charge >= 0.3 is 0 Å². The lowest BCUT2D eigenvalue weighted by atomic mass is 9.94. The first-order chi connectivity index (χ1) is 25.5. The molecule has 6 nitrogen and oxygen atoms in total. The van der Waals surface area contributed by atoms with E-state index >= 15 is 0 Å². The predicted octanol–water partition coefficient (Wildman–Crippen LogP) is 7.98. The molecule has 0 aliphatic heterocycles. The fraction of sp³-hybridized carbons (Fsp3) is 0.295. The largest absolute Gasteiger partial charge is 0.407 e. The van der Waals surface area contributed by atoms with Crippen molar-refractivity contribution in [3.8, 4) is 0 Å². The van der Waals surface area contributed by atoms with E-state index in [4.69, 9.17) is 20.5 Å². The Balaban J connectivity index is 1.33. The molecule has 272 valence electrons. The van der Waals surface area contributed by atoms with E-state index in [-0.39, 0.29) is 28.0 Å². The smallest absolute Gasteiger partial charge is 0.261 e. The summed E-state index contributed by atoms with van der Waals surface area (Å²) in [6.45, 7) is 15.0. The van der Waals surface area contributed by atoms with Crippen molar-refractivity contribution in [1.82, 2.24) is 19.5 Å². The van der Waals surface area contributed by atoms with E-state index in [0.717, 1.165) is 5.52 Å². The van der Waals surface area contributed by atoms with Crippen LogP contribution in [0, 0.1) is 11.8 Å². The van der Waals surface area contributed by atoms with Gasteiger partial charge in [0.1, 0.15) is 11.8 Å². The molecule has 7 rings (SSSR count). The summed E-state index contributed by atoms with van der Waals surface area (Å²) in [5, 5.41) is 5.11. The molecule has 4 aromatic carbocycles. The van der Waals surface area contributed by atoms with Crippen molar-refractivity contribution in [2.24, 2.45) is 11.8 Å². The van der Waals surface area contributed by atoms with Crippen molar-refractivity contribution in [3.63, 3.8) is 0 Å². The van der Waals surface area contributed by atoms with Crippen molar-refractivity contribution in [2.45, 2.75) is 57.7 Å². The number of rotatable bonds is 11. The van der Waals surface area contributed by atoms with E-state index in [1.807, 2.05) is 6.33 Å². The summed E-state index contributed by atoms with van der Waals surface area (Å²) >= 11 is 6.76. The minimum Gasteiger partial charge on any atom is -0.407 e. The number of allylic oxidation sites excluding steroid dienone is 1. The van der Waals surface area contributed by atoms with Gasteiger partial charge in [-0.1, -0.05) is 187 Å². The van der Waals surface area contributed by atoms with Gasteiger partial charge in [0.2, 0.25) is 0 Å². The van der Waals surface area contributed by atoms with Crippen LogP contribution in [0.3, 0.4) is 0 Å². The van der Waals surface area contributed by atoms with Gasteiger partial charge in [-0.15, -0.1) is 0 Å². The molecule has 0 amide bonds. The quantitative estimate of drug-likeness (QED) is 0.0763. The molecule has 0 saturated heterocycles. The zero-order chi connectivity index (χ0) is 37.3. The summed E-state index contributed by atoms with van der Waals surface area (Å²) in [7, 11) is -5.66. The van der Waals surface area contributed by atoms with Gasteiger partial charge in [-0.2, -0.15) is 0 Å². The van der Waals surface area contributed by atoms with E-state index in [2.05, 4.69) is 195 Å². The van der Waals surface area contributed by atoms with Gasteiger partial charge in [0.05, 0.1) is 12.4 Å². The van der Waals surface area contributed by atoms with Crippen molar-refractivity contribution in [1.29, 1.82) is 0 Å². The summed E-state index contributed by atoms with van der Waals surface area (Å²) in [6, 6.07) is 43.3. The molecule has 0 spiro atoms. The molecule has 0 bridgehead atoms. The molecule has 0 unspecified atom stereocenters. The molecule has 0 radical (unpaired) electrons. The molecular formula is C44H49ClN4O2Si2. The summed E-state index contributed by atoms with van der Waals surface area (Å²) < 4.78 is 17.4. The number of fused-ring (bicyclic) bond motifs is 1. The van der Waals surface area contributed by atoms with E-state index in [0.29, 0.717) is 24.0 Å². The predicted molar refractivity (Wildman–Crippen MR) is 223 cm³/mol. The van der Waals surface area contributed by atoms with E-state index in [1.54, 1.807) is 0 Å². The lowest BCUT2D eigenvalue weighted by molar-refractivity contribution is 0.143. The van der Waals surface area contributed by atoms with Gasteiger partial charge in [-0.3, -0.25) is 0 Å². The van der Waals surface area contributed by atoms with E-state index < -0.39 is 16.6 Å². The maximum Gasteiger partial charge on any atom is 0.261 e. The van der Waals surface area contributed by atoms with Crippen LogP contribution in [0.5, 0.6) is 0 Å². The molecule has 0 fully saturated rings. The number of imidazole rings is 1. The third kappa shape index (κ3) is 6.76. The van der Waals surface area contributed by atoms with Crippen LogP contribution < -0.4 is 20.7 Å². The van der Waals surface area contributed by atoms with Gasteiger partial charge in [0.25, 0.3) is 16.6 Å². The molecule has 2 aromatic heterocycles. The average molecular weight is 758 g/mol. The zero-order valence-corrected chi connectivity index (χ0v) is 34.2. The molecule has 3 atom stereocenters. The SMILES string of the molecule is CC(C)(C)[Si](OC[C@H]1[C@H](CO[Si](c2ccccc2)(c2ccccc2)C(C)(C)C)C=C[C@@H]1n1cnc2ncnc(Cl)c21)(c1ccccc1)c1ccccc1. The lowest BCUT2D eigenvalue weighted by Crippen LogP contribution is -2.67. The standard InChI is InChI=1S/C44H49ClN4O2Si2/c1-43(2,3)52(34-19-11-7-12-20-34,35-21-13-8-14-22-35)50-29-33-27-28-39(49-32-48-42-40(49)41(45)46-31-47-42)38(33)30-51-53(44(4,5)6,36-23-15-9-16-24-36)37-25-17-10-18-26-37/h7-28,31-33,38-39H,29-30H2,1-6H3/t33-,38-,39-/m0/s1. The molecule has 0 saturated carbocycles. The Morgan fingerprint density at radius 2 is 1.02 bits per heavy atom. The molecule has 1 aliphatic rings. The maximum atomic E-state index is 7.68. The molecule has 2 heterocycles. The Bertz CT molecular complexity index is 2070. The molecule has 1 aliphatic carbocycles. The van der Waals surface area contributed by atoms with Crippen LogP contribution in [0.1, 0.15) is 47.6 Å². The number of benzene rings is 4. The third-order valence-electron chi connectivity index (χ3n) is 11.0. The highest BCUT2D eigenvalue weighted by Crippen LogP contribution is 2.43. The Morgan fingerprint density at radius 3 is 1.45 bits per heavy atom. The minimum absolute atomic E-state index is 0.00328. The molecule has 0 N–H and O–H groups in total. The Kier molecular flexibility index (Phi) is 10.5. The minimum atomic E-state index is -2.86. The highest BCUT2D eigenvalue weighted by molar-refractivity contribution is 7.00. The van der Waals surface area contributed by atoms with Crippen LogP contribution >= 0.6 is 11.6 Å². The summed E-state index contributed by atoms with van der Waals surface area (Å²) in [5.41, 5.74) is 1.31.